The molecule has 1 saturated heterocycles. The van der Waals surface area contributed by atoms with Crippen LogP contribution in [0, 0.1) is 26.7 Å². The van der Waals surface area contributed by atoms with E-state index in [0.717, 1.165) is 38.9 Å². The van der Waals surface area contributed by atoms with Gasteiger partial charge in [0.05, 0.1) is 6.04 Å². The number of carbonyl (C=O) groups is 1. The Bertz CT molecular complexity index is 806. The van der Waals surface area contributed by atoms with Crippen molar-refractivity contribution >= 4 is 5.91 Å². The number of hydrogen-bond donors (Lipinski definition) is 1. The van der Waals surface area contributed by atoms with Crippen LogP contribution in [0.1, 0.15) is 60.0 Å². The third-order valence-electron chi connectivity index (χ3n) is 6.27. The minimum absolute atomic E-state index is 0.108. The van der Waals surface area contributed by atoms with E-state index in [1.807, 2.05) is 0 Å². The summed E-state index contributed by atoms with van der Waals surface area (Å²) in [4.78, 5) is 15.4. The molecule has 0 unspecified atom stereocenters. The molecule has 0 saturated carbocycles. The van der Waals surface area contributed by atoms with Gasteiger partial charge in [0.15, 0.2) is 0 Å². The summed E-state index contributed by atoms with van der Waals surface area (Å²) in [5.74, 6) is 0.356. The van der Waals surface area contributed by atoms with Crippen molar-refractivity contribution in [2.24, 2.45) is 5.92 Å². The maximum Gasteiger partial charge on any atom is 0.223 e. The average molecular weight is 379 g/mol. The molecule has 0 bridgehead atoms. The topological polar surface area (TPSA) is 32.3 Å². The molecule has 2 aromatic rings. The van der Waals surface area contributed by atoms with Crippen LogP contribution in [0.25, 0.3) is 0 Å². The van der Waals surface area contributed by atoms with Gasteiger partial charge >= 0.3 is 0 Å². The highest BCUT2D eigenvalue weighted by Crippen LogP contribution is 2.24. The molecule has 1 aliphatic rings. The summed E-state index contributed by atoms with van der Waals surface area (Å²) in [6.07, 6.45) is 2.81. The Morgan fingerprint density at radius 2 is 1.75 bits per heavy atom. The van der Waals surface area contributed by atoms with Crippen molar-refractivity contribution in [1.82, 2.24) is 10.2 Å². The van der Waals surface area contributed by atoms with Gasteiger partial charge in [-0.1, -0.05) is 49.4 Å². The largest absolute Gasteiger partial charge is 0.349 e. The van der Waals surface area contributed by atoms with Crippen molar-refractivity contribution in [2.45, 2.75) is 59.5 Å². The summed E-state index contributed by atoms with van der Waals surface area (Å²) in [5.41, 5.74) is 6.55. The number of nitrogens with one attached hydrogen (secondary N) is 1. The first-order chi connectivity index (χ1) is 13.5. The van der Waals surface area contributed by atoms with Gasteiger partial charge in [-0.2, -0.15) is 0 Å². The molecule has 0 spiro atoms. The number of hydrogen-bond acceptors (Lipinski definition) is 2. The second-order valence-corrected chi connectivity index (χ2v) is 8.29. The number of carbonyl (C=O) groups excluding carboxylic acids is 1. The molecule has 1 aliphatic heterocycles. The van der Waals surface area contributed by atoms with Gasteiger partial charge in [0.2, 0.25) is 5.91 Å². The minimum atomic E-state index is 0.108. The van der Waals surface area contributed by atoms with E-state index in [4.69, 9.17) is 0 Å². The molecule has 0 aromatic heterocycles. The van der Waals surface area contributed by atoms with E-state index in [-0.39, 0.29) is 17.9 Å². The lowest BCUT2D eigenvalue weighted by molar-refractivity contribution is -0.127. The van der Waals surface area contributed by atoms with Gasteiger partial charge in [-0.05, 0) is 80.9 Å². The third kappa shape index (κ3) is 5.02. The van der Waals surface area contributed by atoms with Gasteiger partial charge in [0.1, 0.15) is 0 Å². The van der Waals surface area contributed by atoms with Crippen LogP contribution in [-0.4, -0.2) is 23.9 Å². The molecule has 1 heterocycles. The minimum Gasteiger partial charge on any atom is -0.349 e. The van der Waals surface area contributed by atoms with Gasteiger partial charge < -0.3 is 5.32 Å². The first kappa shape index (κ1) is 20.6. The quantitative estimate of drug-likeness (QED) is 0.759. The van der Waals surface area contributed by atoms with Crippen molar-refractivity contribution in [2.75, 3.05) is 13.1 Å². The molecule has 150 valence electrons. The number of likely N-dealkylation sites (tertiary alicyclic amines) is 1. The van der Waals surface area contributed by atoms with E-state index in [9.17, 15) is 4.79 Å². The fourth-order valence-corrected chi connectivity index (χ4v) is 4.07. The molecule has 1 fully saturated rings. The number of nitrogens with zero attached hydrogens (tertiary/aromatic N) is 1. The maximum atomic E-state index is 12.9. The molecular formula is C25H34N2O. The summed E-state index contributed by atoms with van der Waals surface area (Å²) in [6.45, 7) is 11.6. The Balaban J connectivity index is 1.54. The van der Waals surface area contributed by atoms with E-state index < -0.39 is 0 Å². The molecule has 0 aliphatic carbocycles. The number of rotatable bonds is 6. The predicted octanol–water partition coefficient (Wildman–Crippen LogP) is 5.09. The van der Waals surface area contributed by atoms with Gasteiger partial charge in [-0.3, -0.25) is 9.69 Å². The normalized spacial score (nSPS) is 16.7. The van der Waals surface area contributed by atoms with Crippen molar-refractivity contribution in [3.8, 4) is 0 Å². The van der Waals surface area contributed by atoms with Crippen molar-refractivity contribution in [3.63, 3.8) is 0 Å². The summed E-state index contributed by atoms with van der Waals surface area (Å²) >= 11 is 0. The summed E-state index contributed by atoms with van der Waals surface area (Å²) < 4.78 is 0. The zero-order valence-electron chi connectivity index (χ0n) is 17.8. The second kappa shape index (κ2) is 9.38. The molecular weight excluding hydrogens is 344 g/mol. The zero-order valence-corrected chi connectivity index (χ0v) is 17.8. The van der Waals surface area contributed by atoms with Crippen LogP contribution in [0.15, 0.2) is 42.5 Å². The molecule has 3 heteroatoms. The molecule has 2 aromatic carbocycles. The highest BCUT2D eigenvalue weighted by molar-refractivity contribution is 5.79. The monoisotopic (exact) mass is 378 g/mol. The number of aryl methyl sites for hydroxylation is 3. The standard InChI is InChI=1S/C25H34N2O/c1-5-24(22-11-10-18(2)20(4)16-22)26-25(28)21-12-14-27(15-13-21)17-23-9-7-6-8-19(23)3/h6-11,16,21,24H,5,12-15,17H2,1-4H3,(H,26,28)/t24-/m0/s1. The van der Waals surface area contributed by atoms with E-state index in [2.05, 4.69) is 80.4 Å². The highest BCUT2D eigenvalue weighted by Gasteiger charge is 2.26. The smallest absolute Gasteiger partial charge is 0.223 e. The Labute approximate surface area is 170 Å². The predicted molar refractivity (Wildman–Crippen MR) is 116 cm³/mol. The van der Waals surface area contributed by atoms with Gasteiger partial charge in [0, 0.05) is 12.5 Å². The molecule has 28 heavy (non-hydrogen) atoms. The van der Waals surface area contributed by atoms with Gasteiger partial charge in [-0.15, -0.1) is 0 Å². The highest BCUT2D eigenvalue weighted by atomic mass is 16.1. The summed E-state index contributed by atoms with van der Waals surface area (Å²) in [7, 11) is 0. The van der Waals surface area contributed by atoms with E-state index in [1.165, 1.54) is 27.8 Å². The summed E-state index contributed by atoms with van der Waals surface area (Å²) in [5, 5.41) is 3.32. The van der Waals surface area contributed by atoms with Crippen molar-refractivity contribution < 1.29 is 4.79 Å². The van der Waals surface area contributed by atoms with Crippen LogP contribution in [0.4, 0.5) is 0 Å². The van der Waals surface area contributed by atoms with Gasteiger partial charge in [0.25, 0.3) is 0 Å². The maximum absolute atomic E-state index is 12.9. The van der Waals surface area contributed by atoms with Crippen LogP contribution in [0.3, 0.4) is 0 Å². The number of benzene rings is 2. The Morgan fingerprint density at radius 1 is 1.04 bits per heavy atom. The first-order valence-corrected chi connectivity index (χ1v) is 10.6. The third-order valence-corrected chi connectivity index (χ3v) is 6.27. The lowest BCUT2D eigenvalue weighted by atomic mass is 9.93. The van der Waals surface area contributed by atoms with Crippen LogP contribution < -0.4 is 5.32 Å². The molecule has 1 N–H and O–H groups in total. The second-order valence-electron chi connectivity index (χ2n) is 8.29. The summed E-state index contributed by atoms with van der Waals surface area (Å²) in [6, 6.07) is 15.2. The lowest BCUT2D eigenvalue weighted by Crippen LogP contribution is -2.41. The van der Waals surface area contributed by atoms with Gasteiger partial charge in [-0.25, -0.2) is 0 Å². The lowest BCUT2D eigenvalue weighted by Gasteiger charge is -2.32. The Kier molecular flexibility index (Phi) is 6.90. The van der Waals surface area contributed by atoms with Crippen LogP contribution in [-0.2, 0) is 11.3 Å². The molecule has 1 atom stereocenters. The van der Waals surface area contributed by atoms with E-state index in [1.54, 1.807) is 0 Å². The molecule has 3 nitrogen and oxygen atoms in total. The van der Waals surface area contributed by atoms with Crippen molar-refractivity contribution in [3.05, 3.63) is 70.3 Å². The van der Waals surface area contributed by atoms with Crippen molar-refractivity contribution in [1.29, 1.82) is 0 Å². The Morgan fingerprint density at radius 3 is 2.39 bits per heavy atom. The first-order valence-electron chi connectivity index (χ1n) is 10.6. The SMILES string of the molecule is CC[C@H](NC(=O)C1CCN(Cc2ccccc2C)CC1)c1ccc(C)c(C)c1. The van der Waals surface area contributed by atoms with Crippen LogP contribution >= 0.6 is 0 Å². The molecule has 0 radical (unpaired) electrons. The molecule has 3 rings (SSSR count). The fraction of sp³-hybridized carbons (Fsp3) is 0.480. The van der Waals surface area contributed by atoms with Crippen LogP contribution in [0.5, 0.6) is 0 Å². The van der Waals surface area contributed by atoms with Crippen LogP contribution in [0.2, 0.25) is 0 Å². The molecule has 1 amide bonds. The van der Waals surface area contributed by atoms with E-state index in [0.29, 0.717) is 0 Å². The average Bonchev–Trinajstić information content (AvgIpc) is 2.70. The number of amides is 1. The fourth-order valence-electron chi connectivity index (χ4n) is 4.07. The Hall–Kier alpha value is -2.13. The zero-order chi connectivity index (χ0) is 20.1. The van der Waals surface area contributed by atoms with E-state index >= 15 is 0 Å². The number of piperidine rings is 1.